The van der Waals surface area contributed by atoms with Gasteiger partial charge in [-0.3, -0.25) is 14.9 Å². The van der Waals surface area contributed by atoms with Crippen LogP contribution >= 0.6 is 15.9 Å². The molecule has 1 aliphatic rings. The van der Waals surface area contributed by atoms with Crippen molar-refractivity contribution in [3.8, 4) is 11.5 Å². The van der Waals surface area contributed by atoms with Crippen molar-refractivity contribution in [2.24, 2.45) is 5.92 Å². The number of hydrogen-bond acceptors (Lipinski definition) is 5. The van der Waals surface area contributed by atoms with Gasteiger partial charge in [-0.25, -0.2) is 0 Å². The highest BCUT2D eigenvalue weighted by atomic mass is 79.9. The molecule has 0 saturated heterocycles. The van der Waals surface area contributed by atoms with Gasteiger partial charge in [-0.05, 0) is 47.4 Å². The molecule has 0 spiro atoms. The minimum absolute atomic E-state index is 0.239. The number of methoxy groups -OCH3 is 2. The minimum Gasteiger partial charge on any atom is -0.493 e. The number of rotatable bonds is 8. The Morgan fingerprint density at radius 1 is 1.10 bits per heavy atom. The largest absolute Gasteiger partial charge is 0.493 e. The van der Waals surface area contributed by atoms with Crippen LogP contribution in [0.3, 0.4) is 0 Å². The van der Waals surface area contributed by atoms with Crippen LogP contribution < -0.4 is 9.47 Å². The Kier molecular flexibility index (Phi) is 6.92. The first-order valence-corrected chi connectivity index (χ1v) is 10.6. The fourth-order valence-corrected chi connectivity index (χ4v) is 4.70. The van der Waals surface area contributed by atoms with Crippen LogP contribution in [0.1, 0.15) is 36.8 Å². The fraction of sp³-hybridized carbons (Fsp3) is 0.348. The Balaban J connectivity index is 2.24. The molecule has 2 aromatic carbocycles. The first-order chi connectivity index (χ1) is 14.5. The third kappa shape index (κ3) is 3.99. The maximum Gasteiger partial charge on any atom is 0.230 e. The first-order valence-electron chi connectivity index (χ1n) is 9.77. The summed E-state index contributed by atoms with van der Waals surface area (Å²) in [5, 5.41) is 12.2. The van der Waals surface area contributed by atoms with Crippen molar-refractivity contribution < 1.29 is 19.2 Å². The van der Waals surface area contributed by atoms with E-state index in [1.807, 2.05) is 31.2 Å². The standard InChI is InChI=1S/C23H24BrNO5/c1-4-5-17-21(14-6-9-16(24)10-7-14)18(13-26)22(23(17)25(27)28)15-8-11-19(29-2)20(12-15)30-3/h6-13,17,22-23H,4-5H2,1-3H3/t17-,22+,23+/m0/s1. The van der Waals surface area contributed by atoms with Crippen LogP contribution in [0.4, 0.5) is 0 Å². The van der Waals surface area contributed by atoms with E-state index in [1.165, 1.54) is 14.2 Å². The summed E-state index contributed by atoms with van der Waals surface area (Å²) in [6.07, 6.45) is 2.18. The van der Waals surface area contributed by atoms with E-state index in [2.05, 4.69) is 15.9 Å². The second-order valence-electron chi connectivity index (χ2n) is 7.26. The first kappa shape index (κ1) is 22.0. The Morgan fingerprint density at radius 2 is 1.77 bits per heavy atom. The molecular formula is C23H24BrNO5. The van der Waals surface area contributed by atoms with Crippen LogP contribution in [-0.2, 0) is 4.79 Å². The molecule has 0 bridgehead atoms. The quantitative estimate of drug-likeness (QED) is 0.296. The number of carbonyl (C=O) groups is 1. The SMILES string of the molecule is CCC[C@H]1C(c2ccc(Br)cc2)=C(C=O)[C@@H](c2ccc(OC)c(OC)c2)[C@@H]1[N+](=O)[O-]. The highest BCUT2D eigenvalue weighted by Gasteiger charge is 2.50. The Labute approximate surface area is 184 Å². The number of halogens is 1. The van der Waals surface area contributed by atoms with Crippen molar-refractivity contribution in [1.29, 1.82) is 0 Å². The van der Waals surface area contributed by atoms with Crippen molar-refractivity contribution in [2.45, 2.75) is 31.7 Å². The predicted molar refractivity (Wildman–Crippen MR) is 119 cm³/mol. The van der Waals surface area contributed by atoms with Crippen LogP contribution in [0.15, 0.2) is 52.5 Å². The predicted octanol–water partition coefficient (Wildman–Crippen LogP) is 5.28. The Morgan fingerprint density at radius 3 is 2.30 bits per heavy atom. The summed E-state index contributed by atoms with van der Waals surface area (Å²) in [5.74, 6) is -0.00442. The van der Waals surface area contributed by atoms with Crippen LogP contribution in [0.25, 0.3) is 5.57 Å². The molecule has 0 amide bonds. The van der Waals surface area contributed by atoms with Crippen LogP contribution in [0.5, 0.6) is 11.5 Å². The molecule has 3 rings (SSSR count). The van der Waals surface area contributed by atoms with E-state index in [0.717, 1.165) is 28.3 Å². The van der Waals surface area contributed by atoms with E-state index in [9.17, 15) is 14.9 Å². The van der Waals surface area contributed by atoms with Gasteiger partial charge in [-0.2, -0.15) is 0 Å². The van der Waals surface area contributed by atoms with Gasteiger partial charge in [0.25, 0.3) is 0 Å². The lowest BCUT2D eigenvalue weighted by molar-refractivity contribution is -0.530. The molecule has 0 aliphatic heterocycles. The third-order valence-electron chi connectivity index (χ3n) is 5.66. The van der Waals surface area contributed by atoms with Crippen LogP contribution in [0.2, 0.25) is 0 Å². The van der Waals surface area contributed by atoms with E-state index in [0.29, 0.717) is 29.1 Å². The van der Waals surface area contributed by atoms with Gasteiger partial charge in [0.1, 0.15) is 6.29 Å². The number of carbonyl (C=O) groups excluding carboxylic acids is 1. The topological polar surface area (TPSA) is 78.7 Å². The zero-order chi connectivity index (χ0) is 21.8. The highest BCUT2D eigenvalue weighted by molar-refractivity contribution is 9.10. The van der Waals surface area contributed by atoms with Crippen molar-refractivity contribution in [3.05, 3.63) is 73.8 Å². The molecule has 158 valence electrons. The van der Waals surface area contributed by atoms with Crippen molar-refractivity contribution in [3.63, 3.8) is 0 Å². The zero-order valence-corrected chi connectivity index (χ0v) is 18.7. The fourth-order valence-electron chi connectivity index (χ4n) is 4.43. The van der Waals surface area contributed by atoms with Gasteiger partial charge in [-0.1, -0.05) is 47.5 Å². The molecule has 1 aliphatic carbocycles. The average molecular weight is 474 g/mol. The molecule has 0 heterocycles. The number of ether oxygens (including phenoxy) is 2. The van der Waals surface area contributed by atoms with E-state index in [-0.39, 0.29) is 10.8 Å². The highest BCUT2D eigenvalue weighted by Crippen LogP contribution is 2.50. The normalized spacial score (nSPS) is 20.9. The lowest BCUT2D eigenvalue weighted by Crippen LogP contribution is -2.31. The van der Waals surface area contributed by atoms with Gasteiger partial charge in [0.15, 0.2) is 11.5 Å². The summed E-state index contributed by atoms with van der Waals surface area (Å²) in [7, 11) is 3.05. The van der Waals surface area contributed by atoms with E-state index in [4.69, 9.17) is 9.47 Å². The molecule has 0 radical (unpaired) electrons. The molecule has 0 aromatic heterocycles. The van der Waals surface area contributed by atoms with E-state index < -0.39 is 12.0 Å². The van der Waals surface area contributed by atoms with Gasteiger partial charge < -0.3 is 9.47 Å². The molecule has 0 unspecified atom stereocenters. The molecule has 7 heteroatoms. The summed E-state index contributed by atoms with van der Waals surface area (Å²) in [6, 6.07) is 11.9. The lowest BCUT2D eigenvalue weighted by atomic mass is 9.84. The molecule has 2 aromatic rings. The Bertz CT molecular complexity index is 970. The van der Waals surface area contributed by atoms with Gasteiger partial charge in [-0.15, -0.1) is 0 Å². The molecule has 0 saturated carbocycles. The summed E-state index contributed by atoms with van der Waals surface area (Å²) < 4.78 is 11.6. The van der Waals surface area contributed by atoms with Crippen molar-refractivity contribution in [2.75, 3.05) is 14.2 Å². The van der Waals surface area contributed by atoms with Crippen LogP contribution in [0, 0.1) is 16.0 Å². The van der Waals surface area contributed by atoms with Gasteiger partial charge >= 0.3 is 0 Å². The van der Waals surface area contributed by atoms with Crippen molar-refractivity contribution >= 4 is 27.8 Å². The summed E-state index contributed by atoms with van der Waals surface area (Å²) in [4.78, 5) is 24.3. The second kappa shape index (κ2) is 9.43. The molecular weight excluding hydrogens is 450 g/mol. The minimum atomic E-state index is -0.929. The molecule has 0 fully saturated rings. The number of hydrogen-bond donors (Lipinski definition) is 0. The zero-order valence-electron chi connectivity index (χ0n) is 17.1. The summed E-state index contributed by atoms with van der Waals surface area (Å²) in [6.45, 7) is 2.00. The number of nitro groups is 1. The number of nitrogens with zero attached hydrogens (tertiary/aromatic N) is 1. The average Bonchev–Trinajstić information content (AvgIpc) is 3.08. The van der Waals surface area contributed by atoms with Crippen LogP contribution in [-0.4, -0.2) is 31.5 Å². The Hall–Kier alpha value is -2.67. The van der Waals surface area contributed by atoms with E-state index in [1.54, 1.807) is 18.2 Å². The third-order valence-corrected chi connectivity index (χ3v) is 6.19. The maximum atomic E-state index is 12.3. The van der Waals surface area contributed by atoms with Gasteiger partial charge in [0.05, 0.1) is 26.1 Å². The molecule has 30 heavy (non-hydrogen) atoms. The summed E-state index contributed by atoms with van der Waals surface area (Å²) >= 11 is 3.43. The summed E-state index contributed by atoms with van der Waals surface area (Å²) in [5.41, 5.74) is 2.74. The van der Waals surface area contributed by atoms with E-state index >= 15 is 0 Å². The maximum absolute atomic E-state index is 12.3. The smallest absolute Gasteiger partial charge is 0.230 e. The molecule has 6 nitrogen and oxygen atoms in total. The van der Waals surface area contributed by atoms with Gasteiger partial charge in [0, 0.05) is 15.0 Å². The van der Waals surface area contributed by atoms with Gasteiger partial charge in [0.2, 0.25) is 6.04 Å². The monoisotopic (exact) mass is 473 g/mol. The lowest BCUT2D eigenvalue weighted by Gasteiger charge is -2.21. The number of aldehydes is 1. The molecule has 0 N–H and O–H groups in total. The van der Waals surface area contributed by atoms with Crippen molar-refractivity contribution in [1.82, 2.24) is 0 Å². The number of benzene rings is 2. The molecule has 3 atom stereocenters. The second-order valence-corrected chi connectivity index (χ2v) is 8.17.